The van der Waals surface area contributed by atoms with Crippen LogP contribution in [-0.4, -0.2) is 16.0 Å². The molecule has 0 amide bonds. The molecule has 19 heavy (non-hydrogen) atoms. The molecular formula is C14H14ClN3O. The SMILES string of the molecule is Clc1ccc(Oc2cncc(CNC3CC3)n2)cc1. The largest absolute Gasteiger partial charge is 0.437 e. The van der Waals surface area contributed by atoms with Gasteiger partial charge in [0.15, 0.2) is 0 Å². The van der Waals surface area contributed by atoms with Crippen LogP contribution in [0.3, 0.4) is 0 Å². The zero-order chi connectivity index (χ0) is 13.1. The van der Waals surface area contributed by atoms with Crippen LogP contribution in [0.25, 0.3) is 0 Å². The minimum absolute atomic E-state index is 0.498. The van der Waals surface area contributed by atoms with Crippen LogP contribution in [0.5, 0.6) is 11.6 Å². The summed E-state index contributed by atoms with van der Waals surface area (Å²) >= 11 is 5.82. The fourth-order valence-electron chi connectivity index (χ4n) is 1.68. The molecule has 1 aromatic carbocycles. The molecule has 98 valence electrons. The molecule has 0 unspecified atom stereocenters. The number of aromatic nitrogens is 2. The number of benzene rings is 1. The molecule has 0 saturated heterocycles. The Morgan fingerprint density at radius 2 is 2.00 bits per heavy atom. The van der Waals surface area contributed by atoms with Crippen molar-refractivity contribution in [3.05, 3.63) is 47.4 Å². The Kier molecular flexibility index (Phi) is 3.62. The van der Waals surface area contributed by atoms with Crippen LogP contribution in [-0.2, 0) is 6.54 Å². The van der Waals surface area contributed by atoms with Crippen molar-refractivity contribution in [2.45, 2.75) is 25.4 Å². The van der Waals surface area contributed by atoms with Gasteiger partial charge in [-0.1, -0.05) is 11.6 Å². The van der Waals surface area contributed by atoms with E-state index in [2.05, 4.69) is 15.3 Å². The third kappa shape index (κ3) is 3.66. The average molecular weight is 276 g/mol. The molecule has 4 nitrogen and oxygen atoms in total. The maximum atomic E-state index is 5.82. The van der Waals surface area contributed by atoms with Crippen LogP contribution in [0, 0.1) is 0 Å². The summed E-state index contributed by atoms with van der Waals surface area (Å²) in [6.07, 6.45) is 5.88. The van der Waals surface area contributed by atoms with E-state index in [0.717, 1.165) is 12.2 Å². The van der Waals surface area contributed by atoms with E-state index in [0.29, 0.717) is 22.7 Å². The van der Waals surface area contributed by atoms with Crippen molar-refractivity contribution in [3.8, 4) is 11.6 Å². The Hall–Kier alpha value is -1.65. The summed E-state index contributed by atoms with van der Waals surface area (Å²) < 4.78 is 5.64. The van der Waals surface area contributed by atoms with Gasteiger partial charge in [-0.3, -0.25) is 4.98 Å². The fraction of sp³-hybridized carbons (Fsp3) is 0.286. The van der Waals surface area contributed by atoms with Crippen LogP contribution in [0.2, 0.25) is 5.02 Å². The van der Waals surface area contributed by atoms with Gasteiger partial charge >= 0.3 is 0 Å². The van der Waals surface area contributed by atoms with Crippen molar-refractivity contribution >= 4 is 11.6 Å². The monoisotopic (exact) mass is 275 g/mol. The normalized spacial score (nSPS) is 14.4. The topological polar surface area (TPSA) is 47.0 Å². The molecule has 1 heterocycles. The Labute approximate surface area is 116 Å². The van der Waals surface area contributed by atoms with Gasteiger partial charge in [0, 0.05) is 23.8 Å². The minimum Gasteiger partial charge on any atom is -0.437 e. The fourth-order valence-corrected chi connectivity index (χ4v) is 1.81. The van der Waals surface area contributed by atoms with Gasteiger partial charge in [0.25, 0.3) is 0 Å². The summed E-state index contributed by atoms with van der Waals surface area (Å²) in [4.78, 5) is 8.55. The average Bonchev–Trinajstić information content (AvgIpc) is 3.24. The molecule has 1 aromatic heterocycles. The van der Waals surface area contributed by atoms with E-state index in [4.69, 9.17) is 16.3 Å². The molecule has 1 aliphatic carbocycles. The van der Waals surface area contributed by atoms with Crippen LogP contribution in [0.15, 0.2) is 36.7 Å². The summed E-state index contributed by atoms with van der Waals surface area (Å²) in [5, 5.41) is 4.08. The minimum atomic E-state index is 0.498. The lowest BCUT2D eigenvalue weighted by Gasteiger charge is -2.06. The van der Waals surface area contributed by atoms with Crippen molar-refractivity contribution < 1.29 is 4.74 Å². The van der Waals surface area contributed by atoms with E-state index in [9.17, 15) is 0 Å². The molecule has 5 heteroatoms. The third-order valence-corrected chi connectivity index (χ3v) is 3.10. The smallest absolute Gasteiger partial charge is 0.238 e. The van der Waals surface area contributed by atoms with E-state index in [1.54, 1.807) is 36.7 Å². The molecule has 1 aliphatic rings. The first-order valence-corrected chi connectivity index (χ1v) is 6.65. The molecule has 0 atom stereocenters. The van der Waals surface area contributed by atoms with Crippen molar-refractivity contribution in [3.63, 3.8) is 0 Å². The number of nitrogens with zero attached hydrogens (tertiary/aromatic N) is 2. The zero-order valence-electron chi connectivity index (χ0n) is 10.3. The molecule has 1 saturated carbocycles. The van der Waals surface area contributed by atoms with E-state index in [1.807, 2.05) is 0 Å². The Bertz CT molecular complexity index is 555. The first kappa shape index (κ1) is 12.4. The molecule has 0 spiro atoms. The van der Waals surface area contributed by atoms with E-state index >= 15 is 0 Å². The molecular weight excluding hydrogens is 262 g/mol. The lowest BCUT2D eigenvalue weighted by Crippen LogP contribution is -2.16. The summed E-state index contributed by atoms with van der Waals surface area (Å²) in [6.45, 7) is 0.732. The maximum Gasteiger partial charge on any atom is 0.238 e. The lowest BCUT2D eigenvalue weighted by atomic mass is 10.3. The van der Waals surface area contributed by atoms with Gasteiger partial charge in [-0.2, -0.15) is 0 Å². The van der Waals surface area contributed by atoms with E-state index in [-0.39, 0.29) is 0 Å². The predicted octanol–water partition coefficient (Wildman–Crippen LogP) is 3.17. The Morgan fingerprint density at radius 1 is 1.21 bits per heavy atom. The van der Waals surface area contributed by atoms with Crippen molar-refractivity contribution in [2.75, 3.05) is 0 Å². The quantitative estimate of drug-likeness (QED) is 0.910. The molecule has 0 bridgehead atoms. The number of nitrogens with one attached hydrogen (secondary N) is 1. The second kappa shape index (κ2) is 5.55. The number of hydrogen-bond donors (Lipinski definition) is 1. The molecule has 1 fully saturated rings. The van der Waals surface area contributed by atoms with Crippen molar-refractivity contribution in [1.82, 2.24) is 15.3 Å². The summed E-state index contributed by atoms with van der Waals surface area (Å²) in [7, 11) is 0. The maximum absolute atomic E-state index is 5.82. The Morgan fingerprint density at radius 3 is 2.74 bits per heavy atom. The highest BCUT2D eigenvalue weighted by Gasteiger charge is 2.20. The number of ether oxygens (including phenoxy) is 1. The number of rotatable bonds is 5. The van der Waals surface area contributed by atoms with Crippen molar-refractivity contribution in [1.29, 1.82) is 0 Å². The van der Waals surface area contributed by atoms with Gasteiger partial charge in [-0.25, -0.2) is 4.98 Å². The Balaban J connectivity index is 1.66. The molecule has 0 radical (unpaired) electrons. The summed E-state index contributed by atoms with van der Waals surface area (Å²) in [5.74, 6) is 1.20. The van der Waals surface area contributed by atoms with Crippen molar-refractivity contribution in [2.24, 2.45) is 0 Å². The molecule has 2 aromatic rings. The van der Waals surface area contributed by atoms with Gasteiger partial charge in [0.05, 0.1) is 11.9 Å². The van der Waals surface area contributed by atoms with E-state index in [1.165, 1.54) is 12.8 Å². The molecule has 3 rings (SSSR count). The van der Waals surface area contributed by atoms with Crippen LogP contribution >= 0.6 is 11.6 Å². The zero-order valence-corrected chi connectivity index (χ0v) is 11.1. The van der Waals surface area contributed by atoms with Gasteiger partial charge in [-0.05, 0) is 37.1 Å². The first-order valence-electron chi connectivity index (χ1n) is 6.27. The third-order valence-electron chi connectivity index (χ3n) is 2.85. The van der Waals surface area contributed by atoms with Gasteiger partial charge in [0.1, 0.15) is 5.75 Å². The van der Waals surface area contributed by atoms with Gasteiger partial charge < -0.3 is 10.1 Å². The second-order valence-electron chi connectivity index (χ2n) is 4.56. The van der Waals surface area contributed by atoms with Crippen LogP contribution < -0.4 is 10.1 Å². The van der Waals surface area contributed by atoms with Gasteiger partial charge in [0.2, 0.25) is 5.88 Å². The summed E-state index contributed by atoms with van der Waals surface area (Å²) in [5.41, 5.74) is 0.887. The number of hydrogen-bond acceptors (Lipinski definition) is 4. The molecule has 0 aliphatic heterocycles. The van der Waals surface area contributed by atoms with Crippen LogP contribution in [0.4, 0.5) is 0 Å². The predicted molar refractivity (Wildman–Crippen MR) is 73.4 cm³/mol. The first-order chi connectivity index (χ1) is 9.29. The highest BCUT2D eigenvalue weighted by Crippen LogP contribution is 2.22. The van der Waals surface area contributed by atoms with E-state index < -0.39 is 0 Å². The van der Waals surface area contributed by atoms with Gasteiger partial charge in [-0.15, -0.1) is 0 Å². The lowest BCUT2D eigenvalue weighted by molar-refractivity contribution is 0.456. The second-order valence-corrected chi connectivity index (χ2v) is 5.00. The highest BCUT2D eigenvalue weighted by atomic mass is 35.5. The standard InChI is InChI=1S/C14H14ClN3O/c15-10-1-5-13(6-2-10)19-14-9-16-7-12(18-14)8-17-11-3-4-11/h1-2,5-7,9,11,17H,3-4,8H2. The van der Waals surface area contributed by atoms with Crippen LogP contribution in [0.1, 0.15) is 18.5 Å². The summed E-state index contributed by atoms with van der Waals surface area (Å²) in [6, 6.07) is 7.83. The highest BCUT2D eigenvalue weighted by molar-refractivity contribution is 6.30. The number of halogens is 1. The molecule has 1 N–H and O–H groups in total.